The maximum atomic E-state index is 12.6. The van der Waals surface area contributed by atoms with Crippen LogP contribution in [0.2, 0.25) is 0 Å². The van der Waals surface area contributed by atoms with Crippen molar-refractivity contribution < 1.29 is 19.0 Å². The summed E-state index contributed by atoms with van der Waals surface area (Å²) in [5.41, 5.74) is 1.94. The summed E-state index contributed by atoms with van der Waals surface area (Å²) in [6.45, 7) is 5.90. The SMILES string of the molecule is CCOc1ccc(CN(CC)C(=O)COCc2nc3ccccc3s2)cc1OC. The molecule has 0 N–H and O–H groups in total. The predicted molar refractivity (Wildman–Crippen MR) is 115 cm³/mol. The van der Waals surface area contributed by atoms with Crippen molar-refractivity contribution in [2.45, 2.75) is 27.0 Å². The van der Waals surface area contributed by atoms with Crippen LogP contribution < -0.4 is 9.47 Å². The van der Waals surface area contributed by atoms with Crippen LogP contribution in [0, 0.1) is 0 Å². The first-order valence-corrected chi connectivity index (χ1v) is 10.5. The summed E-state index contributed by atoms with van der Waals surface area (Å²) in [4.78, 5) is 18.9. The standard InChI is InChI=1S/C22H26N2O4S/c1-4-24(13-16-10-11-18(28-5-2)19(12-16)26-3)22(25)15-27-14-21-23-17-8-6-7-9-20(17)29-21/h6-12H,4-5,13-15H2,1-3H3. The van der Waals surface area contributed by atoms with Crippen LogP contribution in [-0.4, -0.2) is 42.7 Å². The second-order valence-corrected chi connectivity index (χ2v) is 7.51. The molecule has 29 heavy (non-hydrogen) atoms. The molecule has 3 rings (SSSR count). The Morgan fingerprint density at radius 2 is 1.97 bits per heavy atom. The Hall–Kier alpha value is -2.64. The summed E-state index contributed by atoms with van der Waals surface area (Å²) in [5, 5.41) is 0.873. The molecule has 0 bridgehead atoms. The van der Waals surface area contributed by atoms with Gasteiger partial charge in [-0.1, -0.05) is 18.2 Å². The molecule has 1 amide bonds. The molecular formula is C22H26N2O4S. The van der Waals surface area contributed by atoms with Gasteiger partial charge >= 0.3 is 0 Å². The average molecular weight is 415 g/mol. The Bertz CT molecular complexity index is 924. The van der Waals surface area contributed by atoms with E-state index in [1.54, 1.807) is 23.3 Å². The first kappa shape index (κ1) is 21.1. The normalized spacial score (nSPS) is 10.9. The molecule has 0 spiro atoms. The molecule has 2 aromatic carbocycles. The third-order valence-corrected chi connectivity index (χ3v) is 5.43. The number of ether oxygens (including phenoxy) is 3. The van der Waals surface area contributed by atoms with Crippen molar-refractivity contribution in [3.05, 3.63) is 53.0 Å². The minimum absolute atomic E-state index is 0.0257. The summed E-state index contributed by atoms with van der Waals surface area (Å²) in [5.74, 6) is 1.31. The highest BCUT2D eigenvalue weighted by Crippen LogP contribution is 2.28. The van der Waals surface area contributed by atoms with Crippen LogP contribution in [0.5, 0.6) is 11.5 Å². The molecule has 0 unspecified atom stereocenters. The summed E-state index contributed by atoms with van der Waals surface area (Å²) < 4.78 is 17.7. The number of para-hydroxylation sites is 1. The molecule has 7 heteroatoms. The lowest BCUT2D eigenvalue weighted by atomic mass is 10.2. The maximum absolute atomic E-state index is 12.6. The molecule has 0 aliphatic carbocycles. The van der Waals surface area contributed by atoms with Crippen LogP contribution >= 0.6 is 11.3 Å². The quantitative estimate of drug-likeness (QED) is 0.496. The monoisotopic (exact) mass is 414 g/mol. The molecule has 0 fully saturated rings. The van der Waals surface area contributed by atoms with Gasteiger partial charge in [-0.2, -0.15) is 0 Å². The average Bonchev–Trinajstić information content (AvgIpc) is 3.15. The molecule has 3 aromatic rings. The molecule has 154 valence electrons. The fourth-order valence-electron chi connectivity index (χ4n) is 2.98. The van der Waals surface area contributed by atoms with Crippen LogP contribution in [0.25, 0.3) is 10.2 Å². The Morgan fingerprint density at radius 1 is 1.14 bits per heavy atom. The van der Waals surface area contributed by atoms with Gasteiger partial charge in [0.05, 0.1) is 30.5 Å². The molecule has 0 saturated heterocycles. The van der Waals surface area contributed by atoms with Crippen LogP contribution in [0.15, 0.2) is 42.5 Å². The van der Waals surface area contributed by atoms with E-state index < -0.39 is 0 Å². The van der Waals surface area contributed by atoms with Gasteiger partial charge in [0.2, 0.25) is 5.91 Å². The lowest BCUT2D eigenvalue weighted by Crippen LogP contribution is -2.33. The van der Waals surface area contributed by atoms with E-state index in [4.69, 9.17) is 14.2 Å². The lowest BCUT2D eigenvalue weighted by molar-refractivity contribution is -0.137. The van der Waals surface area contributed by atoms with Crippen molar-refractivity contribution in [2.75, 3.05) is 26.9 Å². The van der Waals surface area contributed by atoms with E-state index in [9.17, 15) is 4.79 Å². The van der Waals surface area contributed by atoms with Gasteiger partial charge in [0, 0.05) is 13.1 Å². The zero-order valence-corrected chi connectivity index (χ0v) is 17.8. The molecule has 0 aliphatic rings. The van der Waals surface area contributed by atoms with E-state index in [0.717, 1.165) is 20.8 Å². The highest BCUT2D eigenvalue weighted by molar-refractivity contribution is 7.18. The van der Waals surface area contributed by atoms with Crippen molar-refractivity contribution in [1.29, 1.82) is 0 Å². The van der Waals surface area contributed by atoms with Gasteiger partial charge in [-0.15, -0.1) is 11.3 Å². The Morgan fingerprint density at radius 3 is 2.69 bits per heavy atom. The Balaban J connectivity index is 1.55. The van der Waals surface area contributed by atoms with Crippen LogP contribution in [0.3, 0.4) is 0 Å². The summed E-state index contributed by atoms with van der Waals surface area (Å²) in [6.07, 6.45) is 0. The number of rotatable bonds is 10. The van der Waals surface area contributed by atoms with Gasteiger partial charge in [-0.3, -0.25) is 4.79 Å². The van der Waals surface area contributed by atoms with E-state index in [-0.39, 0.29) is 12.5 Å². The topological polar surface area (TPSA) is 60.9 Å². The van der Waals surface area contributed by atoms with Crippen molar-refractivity contribution >= 4 is 27.5 Å². The Kier molecular flexibility index (Phi) is 7.43. The number of aromatic nitrogens is 1. The van der Waals surface area contributed by atoms with E-state index >= 15 is 0 Å². The molecule has 0 radical (unpaired) electrons. The number of likely N-dealkylation sites (N-methyl/N-ethyl adjacent to an activating group) is 1. The van der Waals surface area contributed by atoms with Crippen molar-refractivity contribution in [3.63, 3.8) is 0 Å². The molecule has 0 saturated carbocycles. The number of hydrogen-bond donors (Lipinski definition) is 0. The largest absolute Gasteiger partial charge is 0.493 e. The number of hydrogen-bond acceptors (Lipinski definition) is 6. The van der Waals surface area contributed by atoms with Gasteiger partial charge in [0.1, 0.15) is 11.6 Å². The van der Waals surface area contributed by atoms with E-state index in [1.807, 2.05) is 56.3 Å². The molecule has 6 nitrogen and oxygen atoms in total. The van der Waals surface area contributed by atoms with Gasteiger partial charge in [-0.25, -0.2) is 4.98 Å². The second kappa shape index (κ2) is 10.2. The van der Waals surface area contributed by atoms with Gasteiger partial charge < -0.3 is 19.1 Å². The number of amides is 1. The highest BCUT2D eigenvalue weighted by Gasteiger charge is 2.15. The van der Waals surface area contributed by atoms with E-state index in [2.05, 4.69) is 4.98 Å². The third-order valence-electron chi connectivity index (χ3n) is 4.42. The third kappa shape index (κ3) is 5.46. The number of nitrogens with zero attached hydrogens (tertiary/aromatic N) is 2. The smallest absolute Gasteiger partial charge is 0.248 e. The van der Waals surface area contributed by atoms with Crippen molar-refractivity contribution in [3.8, 4) is 11.5 Å². The van der Waals surface area contributed by atoms with E-state index in [1.165, 1.54) is 0 Å². The molecule has 1 aromatic heterocycles. The number of thiazole rings is 1. The number of fused-ring (bicyclic) bond motifs is 1. The molecular weight excluding hydrogens is 388 g/mol. The highest BCUT2D eigenvalue weighted by atomic mass is 32.1. The molecule has 0 aliphatic heterocycles. The maximum Gasteiger partial charge on any atom is 0.248 e. The second-order valence-electron chi connectivity index (χ2n) is 6.39. The van der Waals surface area contributed by atoms with Crippen LogP contribution in [-0.2, 0) is 22.7 Å². The van der Waals surface area contributed by atoms with Gasteiger partial charge in [0.15, 0.2) is 11.5 Å². The van der Waals surface area contributed by atoms with Crippen molar-refractivity contribution in [1.82, 2.24) is 9.88 Å². The first-order chi connectivity index (χ1) is 14.1. The van der Waals surface area contributed by atoms with E-state index in [0.29, 0.717) is 37.8 Å². The number of carbonyl (C=O) groups excluding carboxylic acids is 1. The summed E-state index contributed by atoms with van der Waals surface area (Å²) in [6, 6.07) is 13.7. The zero-order valence-electron chi connectivity index (χ0n) is 17.0. The molecule has 0 atom stereocenters. The zero-order chi connectivity index (χ0) is 20.6. The molecule has 1 heterocycles. The summed E-state index contributed by atoms with van der Waals surface area (Å²) in [7, 11) is 1.61. The minimum atomic E-state index is -0.0542. The number of carbonyl (C=O) groups is 1. The first-order valence-electron chi connectivity index (χ1n) is 9.64. The fourth-order valence-corrected chi connectivity index (χ4v) is 3.89. The van der Waals surface area contributed by atoms with Crippen molar-refractivity contribution in [2.24, 2.45) is 0 Å². The fraction of sp³-hybridized carbons (Fsp3) is 0.364. The minimum Gasteiger partial charge on any atom is -0.493 e. The predicted octanol–water partition coefficient (Wildman–Crippen LogP) is 4.27. The van der Waals surface area contributed by atoms with Gasteiger partial charge in [0.25, 0.3) is 0 Å². The number of benzene rings is 2. The number of methoxy groups -OCH3 is 1. The van der Waals surface area contributed by atoms with Crippen LogP contribution in [0.1, 0.15) is 24.4 Å². The van der Waals surface area contributed by atoms with Gasteiger partial charge in [-0.05, 0) is 43.7 Å². The lowest BCUT2D eigenvalue weighted by Gasteiger charge is -2.21. The summed E-state index contributed by atoms with van der Waals surface area (Å²) >= 11 is 1.59. The Labute approximate surface area is 175 Å². The van der Waals surface area contributed by atoms with Crippen LogP contribution in [0.4, 0.5) is 0 Å².